The molecule has 0 aliphatic carbocycles. The van der Waals surface area contributed by atoms with Crippen LogP contribution < -0.4 is 5.32 Å². The number of carbonyl (C=O) groups excluding carboxylic acids is 1. The van der Waals surface area contributed by atoms with E-state index in [1.54, 1.807) is 24.3 Å². The third-order valence-corrected chi connectivity index (χ3v) is 4.67. The number of rotatable bonds is 6. The summed E-state index contributed by atoms with van der Waals surface area (Å²) in [5.74, 6) is 1.32. The van der Waals surface area contributed by atoms with E-state index in [-0.39, 0.29) is 11.9 Å². The number of imidazole rings is 1. The summed E-state index contributed by atoms with van der Waals surface area (Å²) in [6, 6.07) is 14.9. The van der Waals surface area contributed by atoms with Crippen molar-refractivity contribution in [1.29, 1.82) is 0 Å². The average Bonchev–Trinajstić information content (AvgIpc) is 2.98. The third-order valence-electron chi connectivity index (χ3n) is 4.44. The molecule has 0 saturated carbocycles. The second kappa shape index (κ2) is 7.92. The number of aromatic nitrogens is 2. The largest absolute Gasteiger partial charge is 0.342 e. The Kier molecular flexibility index (Phi) is 5.62. The number of fused-ring (bicyclic) bond motifs is 1. The number of hydrogen-bond donors (Lipinski definition) is 1. The van der Waals surface area contributed by atoms with E-state index in [0.717, 1.165) is 29.8 Å². The molecule has 5 heteroatoms. The monoisotopic (exact) mass is 369 g/mol. The van der Waals surface area contributed by atoms with Crippen molar-refractivity contribution in [2.24, 2.45) is 5.92 Å². The highest BCUT2D eigenvalue weighted by atomic mass is 35.5. The normalized spacial score (nSPS) is 12.5. The van der Waals surface area contributed by atoms with Crippen LogP contribution in [0.1, 0.15) is 49.4 Å². The van der Waals surface area contributed by atoms with Gasteiger partial charge in [-0.25, -0.2) is 4.98 Å². The van der Waals surface area contributed by atoms with Crippen LogP contribution in [-0.4, -0.2) is 15.5 Å². The van der Waals surface area contributed by atoms with Gasteiger partial charge in [-0.1, -0.05) is 43.6 Å². The summed E-state index contributed by atoms with van der Waals surface area (Å²) in [6.07, 6.45) is 1.06. The maximum absolute atomic E-state index is 12.6. The van der Waals surface area contributed by atoms with E-state index in [0.29, 0.717) is 16.5 Å². The Morgan fingerprint density at radius 3 is 2.65 bits per heavy atom. The number of hydrogen-bond acceptors (Lipinski definition) is 2. The number of nitrogens with one attached hydrogen (secondary N) is 1. The minimum absolute atomic E-state index is 0.150. The van der Waals surface area contributed by atoms with Crippen LogP contribution in [0.5, 0.6) is 0 Å². The lowest BCUT2D eigenvalue weighted by Crippen LogP contribution is -2.28. The summed E-state index contributed by atoms with van der Waals surface area (Å²) in [5.41, 5.74) is 2.61. The first kappa shape index (κ1) is 18.5. The number of benzene rings is 2. The molecule has 2 aromatic carbocycles. The Labute approximate surface area is 159 Å². The molecule has 3 rings (SSSR count). The predicted molar refractivity (Wildman–Crippen MR) is 107 cm³/mol. The van der Waals surface area contributed by atoms with Gasteiger partial charge in [0.05, 0.1) is 17.1 Å². The topological polar surface area (TPSA) is 46.9 Å². The minimum atomic E-state index is -0.207. The molecule has 136 valence electrons. The Morgan fingerprint density at radius 1 is 1.15 bits per heavy atom. The van der Waals surface area contributed by atoms with Crippen molar-refractivity contribution in [2.45, 2.75) is 39.8 Å². The van der Waals surface area contributed by atoms with Crippen LogP contribution in [0.2, 0.25) is 5.02 Å². The molecule has 3 aromatic rings. The first-order chi connectivity index (χ1) is 12.5. The molecule has 0 aliphatic rings. The molecular formula is C21H24ClN3O. The standard InChI is InChI=1S/C21H24ClN3O/c1-14(2)11-12-25-19-10-5-4-9-18(19)24-20(25)15(3)23-21(26)16-7-6-8-17(22)13-16/h4-10,13-15H,11-12H2,1-3H3,(H,23,26). The zero-order valence-corrected chi connectivity index (χ0v) is 16.1. The lowest BCUT2D eigenvalue weighted by molar-refractivity contribution is 0.0937. The SMILES string of the molecule is CC(C)CCn1c(C(C)NC(=O)c2cccc(Cl)c2)nc2ccccc21. The van der Waals surface area contributed by atoms with Crippen molar-refractivity contribution in [3.05, 3.63) is 64.9 Å². The highest BCUT2D eigenvalue weighted by Gasteiger charge is 2.19. The molecule has 1 heterocycles. The molecule has 0 fully saturated rings. The summed E-state index contributed by atoms with van der Waals surface area (Å²) in [5, 5.41) is 3.60. The van der Waals surface area contributed by atoms with Crippen LogP contribution in [-0.2, 0) is 6.54 Å². The van der Waals surface area contributed by atoms with Gasteiger partial charge in [0, 0.05) is 17.1 Å². The number of amides is 1. The number of carbonyl (C=O) groups is 1. The number of aryl methyl sites for hydroxylation is 1. The van der Waals surface area contributed by atoms with Gasteiger partial charge in [-0.15, -0.1) is 0 Å². The van der Waals surface area contributed by atoms with Crippen LogP contribution in [0.4, 0.5) is 0 Å². The molecule has 0 saturated heterocycles. The zero-order chi connectivity index (χ0) is 18.7. The smallest absolute Gasteiger partial charge is 0.251 e. The van der Waals surface area contributed by atoms with Crippen molar-refractivity contribution in [1.82, 2.24) is 14.9 Å². The fraction of sp³-hybridized carbons (Fsp3) is 0.333. The predicted octanol–water partition coefficient (Wildman–Crippen LogP) is 5.23. The number of para-hydroxylation sites is 2. The summed E-state index contributed by atoms with van der Waals surface area (Å²) in [6.45, 7) is 7.27. The lowest BCUT2D eigenvalue weighted by atomic mass is 10.1. The van der Waals surface area contributed by atoms with Crippen molar-refractivity contribution >= 4 is 28.5 Å². The molecule has 1 N–H and O–H groups in total. The Bertz CT molecular complexity index is 917. The van der Waals surface area contributed by atoms with Crippen LogP contribution in [0.3, 0.4) is 0 Å². The first-order valence-electron chi connectivity index (χ1n) is 8.97. The van der Waals surface area contributed by atoms with E-state index < -0.39 is 0 Å². The van der Waals surface area contributed by atoms with E-state index >= 15 is 0 Å². The van der Waals surface area contributed by atoms with E-state index in [1.165, 1.54) is 0 Å². The molecule has 1 aromatic heterocycles. The Morgan fingerprint density at radius 2 is 1.92 bits per heavy atom. The van der Waals surface area contributed by atoms with Gasteiger partial charge in [0.1, 0.15) is 5.82 Å². The van der Waals surface area contributed by atoms with Gasteiger partial charge in [-0.2, -0.15) is 0 Å². The quantitative estimate of drug-likeness (QED) is 0.646. The molecular weight excluding hydrogens is 346 g/mol. The molecule has 1 unspecified atom stereocenters. The lowest BCUT2D eigenvalue weighted by Gasteiger charge is -2.17. The third kappa shape index (κ3) is 4.07. The number of nitrogens with zero attached hydrogens (tertiary/aromatic N) is 2. The molecule has 0 bridgehead atoms. The van der Waals surface area contributed by atoms with Crippen LogP contribution >= 0.6 is 11.6 Å². The first-order valence-corrected chi connectivity index (χ1v) is 9.35. The molecule has 1 amide bonds. The van der Waals surface area contributed by atoms with Crippen LogP contribution in [0.15, 0.2) is 48.5 Å². The van der Waals surface area contributed by atoms with E-state index in [1.807, 2.05) is 25.1 Å². The zero-order valence-electron chi connectivity index (χ0n) is 15.4. The fourth-order valence-electron chi connectivity index (χ4n) is 3.02. The average molecular weight is 370 g/mol. The van der Waals surface area contributed by atoms with Crippen molar-refractivity contribution in [3.63, 3.8) is 0 Å². The Hall–Kier alpha value is -2.33. The number of halogens is 1. The highest BCUT2D eigenvalue weighted by Crippen LogP contribution is 2.22. The van der Waals surface area contributed by atoms with Gasteiger partial charge in [0.25, 0.3) is 5.91 Å². The molecule has 0 spiro atoms. The summed E-state index contributed by atoms with van der Waals surface area (Å²) >= 11 is 6.00. The van der Waals surface area contributed by atoms with Crippen molar-refractivity contribution in [2.75, 3.05) is 0 Å². The highest BCUT2D eigenvalue weighted by molar-refractivity contribution is 6.30. The van der Waals surface area contributed by atoms with E-state index in [2.05, 4.69) is 29.8 Å². The minimum Gasteiger partial charge on any atom is -0.342 e. The van der Waals surface area contributed by atoms with E-state index in [9.17, 15) is 4.79 Å². The van der Waals surface area contributed by atoms with Gasteiger partial charge >= 0.3 is 0 Å². The van der Waals surface area contributed by atoms with Gasteiger partial charge in [0.15, 0.2) is 0 Å². The summed E-state index contributed by atoms with van der Waals surface area (Å²) in [4.78, 5) is 17.3. The maximum atomic E-state index is 12.6. The molecule has 0 radical (unpaired) electrons. The molecule has 26 heavy (non-hydrogen) atoms. The second-order valence-electron chi connectivity index (χ2n) is 7.00. The van der Waals surface area contributed by atoms with Gasteiger partial charge in [-0.3, -0.25) is 4.79 Å². The molecule has 4 nitrogen and oxygen atoms in total. The van der Waals surface area contributed by atoms with Crippen LogP contribution in [0.25, 0.3) is 11.0 Å². The molecule has 0 aliphatic heterocycles. The van der Waals surface area contributed by atoms with Crippen molar-refractivity contribution in [3.8, 4) is 0 Å². The maximum Gasteiger partial charge on any atom is 0.251 e. The van der Waals surface area contributed by atoms with Gasteiger partial charge in [0.2, 0.25) is 0 Å². The summed E-state index contributed by atoms with van der Waals surface area (Å²) < 4.78 is 2.22. The van der Waals surface area contributed by atoms with Crippen LogP contribution in [0, 0.1) is 5.92 Å². The summed E-state index contributed by atoms with van der Waals surface area (Å²) in [7, 11) is 0. The van der Waals surface area contributed by atoms with Crippen molar-refractivity contribution < 1.29 is 4.79 Å². The van der Waals surface area contributed by atoms with Gasteiger partial charge < -0.3 is 9.88 Å². The van der Waals surface area contributed by atoms with E-state index in [4.69, 9.17) is 16.6 Å². The van der Waals surface area contributed by atoms with Gasteiger partial charge in [-0.05, 0) is 49.6 Å². The fourth-order valence-corrected chi connectivity index (χ4v) is 3.21. The molecule has 1 atom stereocenters. The Balaban J connectivity index is 1.88. The second-order valence-corrected chi connectivity index (χ2v) is 7.43.